The first-order valence-electron chi connectivity index (χ1n) is 20.9. The Kier molecular flexibility index (Phi) is 27.8. The summed E-state index contributed by atoms with van der Waals surface area (Å²) in [5, 5.41) is 39.3. The van der Waals surface area contributed by atoms with E-state index in [0.29, 0.717) is 6.42 Å². The standard InChI is InChI=1S/C36H65N17O12S2/c1-17(54)27-33(63)52-19(7-4-10-44-35(40)41)29(59)47-14-26(57)49-23(34(64)65)16-67-66-15-18(38)28(58)46-13-25(56)48-22(12-24(39)55)32(62)51-20(6-2-3-9-37)30(60)50-21(31(61)53-27)8-5-11-45-36(42)43/h17-23,27,54H,2-16,37-38H2,1H3,(H2,39,55)(H,46,58)(H,47,59)(H,48,56)(H,49,57)(H,50,60)(H,51,62)(H,52,63)(H,53,61)(H,64,65)(H4,40,41,44)(H4,42,43,45). The van der Waals surface area contributed by atoms with Gasteiger partial charge in [-0.1, -0.05) is 21.6 Å². The predicted molar refractivity (Wildman–Crippen MR) is 246 cm³/mol. The molecule has 9 amide bonds. The minimum absolute atomic E-state index is 0.0000806. The molecule has 8 atom stereocenters. The van der Waals surface area contributed by atoms with Crippen LogP contribution in [0.2, 0.25) is 0 Å². The van der Waals surface area contributed by atoms with E-state index in [-0.39, 0.29) is 81.6 Å². The summed E-state index contributed by atoms with van der Waals surface area (Å²) in [5.74, 6) is -11.1. The number of aliphatic imine (C=N–C) groups is 2. The molecule has 8 unspecified atom stereocenters. The summed E-state index contributed by atoms with van der Waals surface area (Å²) in [4.78, 5) is 139. The summed E-state index contributed by atoms with van der Waals surface area (Å²) in [7, 11) is 1.90. The molecular formula is C36H65N17O12S2. The molecule has 1 fully saturated rings. The Balaban J connectivity index is 3.71. The fourth-order valence-electron chi connectivity index (χ4n) is 5.75. The van der Waals surface area contributed by atoms with Crippen molar-refractivity contribution in [3.8, 4) is 0 Å². The number of hydrogen-bond donors (Lipinski definition) is 17. The second-order valence-electron chi connectivity index (χ2n) is 15.0. The molecule has 1 rings (SSSR count). The van der Waals surface area contributed by atoms with Gasteiger partial charge in [0.25, 0.3) is 0 Å². The lowest BCUT2D eigenvalue weighted by atomic mass is 10.0. The number of guanidine groups is 2. The molecule has 0 spiro atoms. The SMILES string of the molecule is CC(O)C1NC(=O)C(CCCN=C(N)N)NC(=O)C(CCCCN)NC(=O)C(CC(N)=O)NC(=O)CNC(=O)C(N)CSSCC(C(=O)O)NC(=O)CNC(=O)C(CCCN=C(N)N)NC1=O. The van der Waals surface area contributed by atoms with Gasteiger partial charge in [0.15, 0.2) is 11.9 Å². The van der Waals surface area contributed by atoms with Gasteiger partial charge >= 0.3 is 5.97 Å². The molecule has 1 saturated heterocycles. The molecular weight excluding hydrogens is 927 g/mol. The highest BCUT2D eigenvalue weighted by atomic mass is 33.1. The number of nitrogens with one attached hydrogen (secondary N) is 8. The monoisotopic (exact) mass is 991 g/mol. The molecule has 31 heteroatoms. The number of amides is 9. The topological polar surface area (TPSA) is 514 Å². The smallest absolute Gasteiger partial charge is 0.327 e. The van der Waals surface area contributed by atoms with Crippen molar-refractivity contribution < 1.29 is 58.2 Å². The lowest BCUT2D eigenvalue weighted by molar-refractivity contribution is -0.141. The molecule has 0 bridgehead atoms. The molecule has 1 aliphatic rings. The van der Waals surface area contributed by atoms with Gasteiger partial charge < -0.3 is 92.9 Å². The van der Waals surface area contributed by atoms with Gasteiger partial charge in [-0.05, 0) is 58.4 Å². The predicted octanol–water partition coefficient (Wildman–Crippen LogP) is -8.57. The number of carbonyl (C=O) groups is 10. The van der Waals surface area contributed by atoms with Crippen LogP contribution in [0, 0.1) is 0 Å². The van der Waals surface area contributed by atoms with Gasteiger partial charge in [0, 0.05) is 24.6 Å². The lowest BCUT2D eigenvalue weighted by Gasteiger charge is -2.28. The molecule has 1 aliphatic heterocycles. The Bertz CT molecular complexity index is 1790. The van der Waals surface area contributed by atoms with E-state index in [4.69, 9.17) is 40.1 Å². The molecule has 0 aromatic carbocycles. The van der Waals surface area contributed by atoms with Crippen LogP contribution >= 0.6 is 21.6 Å². The number of primary amides is 1. The third kappa shape index (κ3) is 24.8. The molecule has 378 valence electrons. The van der Waals surface area contributed by atoms with Crippen molar-refractivity contribution in [2.24, 2.45) is 50.1 Å². The normalized spacial score (nSPS) is 24.4. The fraction of sp³-hybridized carbons (Fsp3) is 0.667. The number of nitrogens with zero attached hydrogens (tertiary/aromatic N) is 2. The first-order chi connectivity index (χ1) is 31.5. The maximum atomic E-state index is 13.9. The minimum Gasteiger partial charge on any atom is -0.480 e. The maximum absolute atomic E-state index is 13.9. The number of hydrogen-bond acceptors (Lipinski definition) is 17. The van der Waals surface area contributed by atoms with E-state index in [2.05, 4.69) is 52.5 Å². The Labute approximate surface area is 393 Å². The number of aliphatic hydroxyl groups is 1. The number of aliphatic hydroxyl groups excluding tert-OH is 1. The third-order valence-electron chi connectivity index (χ3n) is 9.24. The highest BCUT2D eigenvalue weighted by Crippen LogP contribution is 2.22. The molecule has 0 saturated carbocycles. The van der Waals surface area contributed by atoms with Crippen molar-refractivity contribution >= 4 is 92.6 Å². The zero-order valence-electron chi connectivity index (χ0n) is 37.0. The minimum atomic E-state index is -1.78. The average molecular weight is 992 g/mol. The summed E-state index contributed by atoms with van der Waals surface area (Å²) in [6.07, 6.45) is -1.95. The number of nitrogens with two attached hydrogens (primary N) is 7. The second kappa shape index (κ2) is 31.7. The number of rotatable bonds is 16. The number of unbranched alkanes of at least 4 members (excludes halogenated alkanes) is 1. The van der Waals surface area contributed by atoms with Crippen LogP contribution in [-0.2, 0) is 47.9 Å². The fourth-order valence-corrected chi connectivity index (χ4v) is 8.03. The number of carboxylic acid groups (broad SMARTS) is 1. The van der Waals surface area contributed by atoms with Gasteiger partial charge in [0.05, 0.1) is 31.7 Å². The van der Waals surface area contributed by atoms with Crippen molar-refractivity contribution in [2.75, 3.05) is 44.2 Å². The third-order valence-corrected chi connectivity index (χ3v) is 11.7. The van der Waals surface area contributed by atoms with E-state index in [0.717, 1.165) is 28.5 Å². The van der Waals surface area contributed by atoms with Crippen LogP contribution in [0.25, 0.3) is 0 Å². The van der Waals surface area contributed by atoms with Crippen molar-refractivity contribution in [2.45, 2.75) is 107 Å². The van der Waals surface area contributed by atoms with Crippen LogP contribution in [0.5, 0.6) is 0 Å². The molecule has 67 heavy (non-hydrogen) atoms. The molecule has 0 aromatic heterocycles. The van der Waals surface area contributed by atoms with Crippen LogP contribution < -0.4 is 82.7 Å². The Morgan fingerprint density at radius 2 is 1.09 bits per heavy atom. The Morgan fingerprint density at radius 3 is 1.60 bits per heavy atom. The van der Waals surface area contributed by atoms with Crippen molar-refractivity contribution in [3.63, 3.8) is 0 Å². The van der Waals surface area contributed by atoms with Crippen LogP contribution in [0.15, 0.2) is 9.98 Å². The summed E-state index contributed by atoms with van der Waals surface area (Å²) < 4.78 is 0. The van der Waals surface area contributed by atoms with E-state index in [1.165, 1.54) is 0 Å². The van der Waals surface area contributed by atoms with Crippen LogP contribution in [0.4, 0.5) is 0 Å². The van der Waals surface area contributed by atoms with Crippen molar-refractivity contribution in [1.82, 2.24) is 42.5 Å². The van der Waals surface area contributed by atoms with Crippen LogP contribution in [0.3, 0.4) is 0 Å². The zero-order chi connectivity index (χ0) is 50.6. The van der Waals surface area contributed by atoms with Gasteiger partial charge in [0.1, 0.15) is 36.3 Å². The summed E-state index contributed by atoms with van der Waals surface area (Å²) >= 11 is 0. The van der Waals surface area contributed by atoms with Gasteiger partial charge in [-0.15, -0.1) is 0 Å². The number of aliphatic carboxylic acids is 1. The molecule has 1 heterocycles. The van der Waals surface area contributed by atoms with Crippen molar-refractivity contribution in [1.29, 1.82) is 0 Å². The van der Waals surface area contributed by atoms with E-state index >= 15 is 0 Å². The van der Waals surface area contributed by atoms with Crippen molar-refractivity contribution in [3.05, 3.63) is 0 Å². The van der Waals surface area contributed by atoms with E-state index < -0.39 is 127 Å². The first kappa shape index (κ1) is 58.8. The van der Waals surface area contributed by atoms with Crippen LogP contribution in [-0.4, -0.2) is 174 Å². The van der Waals surface area contributed by atoms with E-state index in [1.54, 1.807) is 0 Å². The Morgan fingerprint density at radius 1 is 0.627 bits per heavy atom. The highest BCUT2D eigenvalue weighted by molar-refractivity contribution is 8.76. The number of carbonyl (C=O) groups excluding carboxylic acids is 9. The van der Waals surface area contributed by atoms with Gasteiger partial charge in [-0.3, -0.25) is 53.1 Å². The summed E-state index contributed by atoms with van der Waals surface area (Å²) in [5.41, 5.74) is 38.6. The molecule has 0 radical (unpaired) electrons. The molecule has 0 aromatic rings. The quantitative estimate of drug-likeness (QED) is 0.0295. The average Bonchev–Trinajstić information content (AvgIpc) is 3.25. The largest absolute Gasteiger partial charge is 0.480 e. The van der Waals surface area contributed by atoms with Gasteiger partial charge in [0.2, 0.25) is 53.2 Å². The molecule has 29 nitrogen and oxygen atoms in total. The van der Waals surface area contributed by atoms with Gasteiger partial charge in [-0.2, -0.15) is 0 Å². The zero-order valence-corrected chi connectivity index (χ0v) is 38.6. The maximum Gasteiger partial charge on any atom is 0.327 e. The summed E-state index contributed by atoms with van der Waals surface area (Å²) in [6, 6.07) is -10.5. The summed E-state index contributed by atoms with van der Waals surface area (Å²) in [6.45, 7) is -0.148. The van der Waals surface area contributed by atoms with Crippen LogP contribution in [0.1, 0.15) is 58.3 Å². The highest BCUT2D eigenvalue weighted by Gasteiger charge is 2.35. The van der Waals surface area contributed by atoms with E-state index in [9.17, 15) is 58.2 Å². The second-order valence-corrected chi connectivity index (χ2v) is 17.5. The van der Waals surface area contributed by atoms with Gasteiger partial charge in [-0.25, -0.2) is 4.79 Å². The molecule has 24 N–H and O–H groups in total. The first-order valence-corrected chi connectivity index (χ1v) is 23.4. The van der Waals surface area contributed by atoms with E-state index in [1.807, 2.05) is 0 Å². The number of carboxylic acids is 1. The molecule has 0 aliphatic carbocycles. The Hall–Kier alpha value is -6.18. The lowest BCUT2D eigenvalue weighted by Crippen LogP contribution is -2.61.